The SMILES string of the molecule is Fc1ccc(NCc2ccc(Cl)cc2Cl)c(Br)c1. The van der Waals surface area contributed by atoms with Gasteiger partial charge in [-0.2, -0.15) is 0 Å². The summed E-state index contributed by atoms with van der Waals surface area (Å²) in [6.45, 7) is 0.542. The van der Waals surface area contributed by atoms with Crippen molar-refractivity contribution in [1.29, 1.82) is 0 Å². The Morgan fingerprint density at radius 3 is 2.56 bits per heavy atom. The number of nitrogens with one attached hydrogen (secondary N) is 1. The maximum Gasteiger partial charge on any atom is 0.124 e. The van der Waals surface area contributed by atoms with Crippen LogP contribution in [-0.2, 0) is 6.54 Å². The van der Waals surface area contributed by atoms with E-state index in [-0.39, 0.29) is 5.82 Å². The van der Waals surface area contributed by atoms with Crippen LogP contribution in [-0.4, -0.2) is 0 Å². The first kappa shape index (κ1) is 13.7. The lowest BCUT2D eigenvalue weighted by Crippen LogP contribution is -2.00. The smallest absolute Gasteiger partial charge is 0.124 e. The summed E-state index contributed by atoms with van der Waals surface area (Å²) in [6.07, 6.45) is 0. The maximum absolute atomic E-state index is 12.9. The molecule has 0 aliphatic rings. The van der Waals surface area contributed by atoms with Gasteiger partial charge in [-0.1, -0.05) is 29.3 Å². The topological polar surface area (TPSA) is 12.0 Å². The fourth-order valence-corrected chi connectivity index (χ4v) is 2.45. The minimum absolute atomic E-state index is 0.281. The lowest BCUT2D eigenvalue weighted by atomic mass is 10.2. The number of halogens is 4. The van der Waals surface area contributed by atoms with Crippen molar-refractivity contribution in [3.8, 4) is 0 Å². The second-order valence-electron chi connectivity index (χ2n) is 3.71. The van der Waals surface area contributed by atoms with E-state index >= 15 is 0 Å². The summed E-state index contributed by atoms with van der Waals surface area (Å²) >= 11 is 15.2. The summed E-state index contributed by atoms with van der Waals surface area (Å²) in [7, 11) is 0. The number of rotatable bonds is 3. The predicted octanol–water partition coefficient (Wildman–Crippen LogP) is 5.51. The molecule has 0 atom stereocenters. The van der Waals surface area contributed by atoms with Crippen molar-refractivity contribution in [2.45, 2.75) is 6.54 Å². The van der Waals surface area contributed by atoms with Gasteiger partial charge in [-0.25, -0.2) is 4.39 Å². The van der Waals surface area contributed by atoms with Gasteiger partial charge >= 0.3 is 0 Å². The number of anilines is 1. The van der Waals surface area contributed by atoms with E-state index in [2.05, 4.69) is 21.2 Å². The quantitative estimate of drug-likeness (QED) is 0.771. The highest BCUT2D eigenvalue weighted by Gasteiger charge is 2.04. The maximum atomic E-state index is 12.9. The van der Waals surface area contributed by atoms with Crippen molar-refractivity contribution in [1.82, 2.24) is 0 Å². The number of benzene rings is 2. The zero-order chi connectivity index (χ0) is 13.1. The van der Waals surface area contributed by atoms with E-state index in [1.165, 1.54) is 12.1 Å². The third-order valence-electron chi connectivity index (χ3n) is 2.42. The Labute approximate surface area is 123 Å². The van der Waals surface area contributed by atoms with Crippen LogP contribution in [0, 0.1) is 5.82 Å². The third-order valence-corrected chi connectivity index (χ3v) is 3.66. The van der Waals surface area contributed by atoms with Crippen molar-refractivity contribution in [3.63, 3.8) is 0 Å². The fraction of sp³-hybridized carbons (Fsp3) is 0.0769. The second kappa shape index (κ2) is 5.91. The molecule has 2 aromatic rings. The highest BCUT2D eigenvalue weighted by molar-refractivity contribution is 9.10. The predicted molar refractivity (Wildman–Crippen MR) is 77.9 cm³/mol. The molecule has 2 rings (SSSR count). The Morgan fingerprint density at radius 2 is 1.89 bits per heavy atom. The molecule has 0 aliphatic heterocycles. The molecule has 5 heteroatoms. The molecule has 0 bridgehead atoms. The molecule has 0 fully saturated rings. The molecular weight excluding hydrogens is 340 g/mol. The Balaban J connectivity index is 2.11. The van der Waals surface area contributed by atoms with Gasteiger partial charge in [0.2, 0.25) is 0 Å². The third kappa shape index (κ3) is 3.37. The second-order valence-corrected chi connectivity index (χ2v) is 5.41. The first-order valence-electron chi connectivity index (χ1n) is 5.19. The van der Waals surface area contributed by atoms with Crippen LogP contribution in [0.3, 0.4) is 0 Å². The summed E-state index contributed by atoms with van der Waals surface area (Å²) < 4.78 is 13.6. The largest absolute Gasteiger partial charge is 0.380 e. The molecule has 0 heterocycles. The van der Waals surface area contributed by atoms with Gasteiger partial charge in [-0.3, -0.25) is 0 Å². The van der Waals surface area contributed by atoms with Crippen molar-refractivity contribution >= 4 is 44.8 Å². The first-order chi connectivity index (χ1) is 8.56. The molecule has 18 heavy (non-hydrogen) atoms. The molecule has 0 aromatic heterocycles. The molecular formula is C13H9BrCl2FN. The summed E-state index contributed by atoms with van der Waals surface area (Å²) in [5.41, 5.74) is 1.74. The number of hydrogen-bond acceptors (Lipinski definition) is 1. The molecule has 0 saturated carbocycles. The summed E-state index contributed by atoms with van der Waals surface area (Å²) in [6, 6.07) is 9.81. The molecule has 0 radical (unpaired) electrons. The summed E-state index contributed by atoms with van der Waals surface area (Å²) in [5, 5.41) is 4.38. The van der Waals surface area contributed by atoms with Crippen LogP contribution in [0.2, 0.25) is 10.0 Å². The minimum atomic E-state index is -0.281. The van der Waals surface area contributed by atoms with Crippen molar-refractivity contribution in [3.05, 3.63) is 62.3 Å². The Morgan fingerprint density at radius 1 is 1.11 bits per heavy atom. The lowest BCUT2D eigenvalue weighted by Gasteiger charge is -2.10. The van der Waals surface area contributed by atoms with Gasteiger partial charge in [0.1, 0.15) is 5.82 Å². The monoisotopic (exact) mass is 347 g/mol. The van der Waals surface area contributed by atoms with Gasteiger partial charge in [0.15, 0.2) is 0 Å². The van der Waals surface area contributed by atoms with E-state index in [0.717, 1.165) is 11.3 Å². The zero-order valence-corrected chi connectivity index (χ0v) is 12.3. The molecule has 2 aromatic carbocycles. The van der Waals surface area contributed by atoms with Crippen LogP contribution in [0.25, 0.3) is 0 Å². The van der Waals surface area contributed by atoms with E-state index in [4.69, 9.17) is 23.2 Å². The highest BCUT2D eigenvalue weighted by Crippen LogP contribution is 2.26. The minimum Gasteiger partial charge on any atom is -0.380 e. The van der Waals surface area contributed by atoms with E-state index in [1.54, 1.807) is 18.2 Å². The molecule has 0 unspecified atom stereocenters. The van der Waals surface area contributed by atoms with Crippen LogP contribution in [0.1, 0.15) is 5.56 Å². The molecule has 94 valence electrons. The zero-order valence-electron chi connectivity index (χ0n) is 9.18. The van der Waals surface area contributed by atoms with Gasteiger partial charge in [0.25, 0.3) is 0 Å². The van der Waals surface area contributed by atoms with Gasteiger partial charge in [-0.05, 0) is 51.8 Å². The van der Waals surface area contributed by atoms with Gasteiger partial charge in [0.05, 0.1) is 0 Å². The van der Waals surface area contributed by atoms with Crippen LogP contribution < -0.4 is 5.32 Å². The molecule has 0 saturated heterocycles. The normalized spacial score (nSPS) is 10.4. The molecule has 0 spiro atoms. The molecule has 0 aliphatic carbocycles. The highest BCUT2D eigenvalue weighted by atomic mass is 79.9. The standard InChI is InChI=1S/C13H9BrCl2FN/c14-11-6-10(17)3-4-13(11)18-7-8-1-2-9(15)5-12(8)16/h1-6,18H,7H2. The molecule has 1 nitrogen and oxygen atoms in total. The van der Waals surface area contributed by atoms with Gasteiger partial charge in [0, 0.05) is 26.8 Å². The van der Waals surface area contributed by atoms with Crippen LogP contribution in [0.5, 0.6) is 0 Å². The Bertz CT molecular complexity index is 523. The lowest BCUT2D eigenvalue weighted by molar-refractivity contribution is 0.627. The van der Waals surface area contributed by atoms with Crippen LogP contribution in [0.4, 0.5) is 10.1 Å². The fourth-order valence-electron chi connectivity index (χ4n) is 1.49. The van der Waals surface area contributed by atoms with E-state index < -0.39 is 0 Å². The summed E-state index contributed by atoms with van der Waals surface area (Å²) in [4.78, 5) is 0. The van der Waals surface area contributed by atoms with E-state index in [9.17, 15) is 4.39 Å². The Hall–Kier alpha value is -0.770. The van der Waals surface area contributed by atoms with Gasteiger partial charge in [-0.15, -0.1) is 0 Å². The number of hydrogen-bond donors (Lipinski definition) is 1. The van der Waals surface area contributed by atoms with Crippen LogP contribution >= 0.6 is 39.1 Å². The molecule has 1 N–H and O–H groups in total. The Kier molecular flexibility index (Phi) is 4.49. The average Bonchev–Trinajstić information content (AvgIpc) is 2.30. The van der Waals surface area contributed by atoms with Crippen molar-refractivity contribution < 1.29 is 4.39 Å². The van der Waals surface area contributed by atoms with E-state index in [1.807, 2.05) is 6.07 Å². The van der Waals surface area contributed by atoms with Crippen LogP contribution in [0.15, 0.2) is 40.9 Å². The molecule has 0 amide bonds. The van der Waals surface area contributed by atoms with Crippen molar-refractivity contribution in [2.75, 3.05) is 5.32 Å². The van der Waals surface area contributed by atoms with Gasteiger partial charge < -0.3 is 5.32 Å². The van der Waals surface area contributed by atoms with E-state index in [0.29, 0.717) is 21.1 Å². The summed E-state index contributed by atoms with van der Waals surface area (Å²) in [5.74, 6) is -0.281. The first-order valence-corrected chi connectivity index (χ1v) is 6.74. The average molecular weight is 349 g/mol. The van der Waals surface area contributed by atoms with Crippen molar-refractivity contribution in [2.24, 2.45) is 0 Å².